The third-order valence-electron chi connectivity index (χ3n) is 5.56. The summed E-state index contributed by atoms with van der Waals surface area (Å²) in [6.07, 6.45) is 1.11. The summed E-state index contributed by atoms with van der Waals surface area (Å²) in [5, 5.41) is 2.90. The largest absolute Gasteiger partial charge is 0.484 e. The van der Waals surface area contributed by atoms with Gasteiger partial charge in [-0.15, -0.1) is 0 Å². The molecule has 0 radical (unpaired) electrons. The van der Waals surface area contributed by atoms with E-state index in [4.69, 9.17) is 4.74 Å². The summed E-state index contributed by atoms with van der Waals surface area (Å²) in [7, 11) is 2.23. The number of rotatable bonds is 7. The van der Waals surface area contributed by atoms with Crippen LogP contribution >= 0.6 is 0 Å². The average molecular weight is 383 g/mol. The lowest BCUT2D eigenvalue weighted by atomic mass is 9.99. The maximum absolute atomic E-state index is 12.2. The Bertz CT molecular complexity index is 750. The standard InChI is InChI=1S/C23H31N3O2/c1-4-18(2)19-5-11-22(12-6-19)28-17-23(27)24-20-7-9-21(10-8-20)26-15-13-25(3)14-16-26/h5-12,18H,4,13-17H2,1-3H3,(H,24,27)/p+1/t18-/m1/s1. The number of likely N-dealkylation sites (N-methyl/N-ethyl adjacent to an activating group) is 1. The Morgan fingerprint density at radius 3 is 2.36 bits per heavy atom. The van der Waals surface area contributed by atoms with Gasteiger partial charge in [0.05, 0.1) is 33.2 Å². The summed E-state index contributed by atoms with van der Waals surface area (Å²) in [6.45, 7) is 8.85. The molecule has 2 aromatic rings. The molecule has 0 spiro atoms. The number of hydrogen-bond acceptors (Lipinski definition) is 3. The van der Waals surface area contributed by atoms with Gasteiger partial charge in [-0.2, -0.15) is 0 Å². The molecule has 1 fully saturated rings. The van der Waals surface area contributed by atoms with Crippen LogP contribution in [-0.2, 0) is 4.79 Å². The number of nitrogens with one attached hydrogen (secondary N) is 2. The topological polar surface area (TPSA) is 46.0 Å². The van der Waals surface area contributed by atoms with E-state index in [1.165, 1.54) is 11.3 Å². The molecule has 0 bridgehead atoms. The molecule has 2 aromatic carbocycles. The van der Waals surface area contributed by atoms with Crippen molar-refractivity contribution in [3.05, 3.63) is 54.1 Å². The van der Waals surface area contributed by atoms with Gasteiger partial charge in [-0.05, 0) is 54.3 Å². The minimum atomic E-state index is -0.151. The second-order valence-corrected chi connectivity index (χ2v) is 7.71. The van der Waals surface area contributed by atoms with E-state index in [0.717, 1.165) is 44.0 Å². The Kier molecular flexibility index (Phi) is 6.93. The van der Waals surface area contributed by atoms with Crippen molar-refractivity contribution in [3.63, 3.8) is 0 Å². The zero-order chi connectivity index (χ0) is 19.9. The Hall–Kier alpha value is -2.53. The maximum Gasteiger partial charge on any atom is 0.262 e. The van der Waals surface area contributed by atoms with Crippen LogP contribution in [0, 0.1) is 0 Å². The molecule has 1 saturated heterocycles. The average Bonchev–Trinajstić information content (AvgIpc) is 2.73. The Morgan fingerprint density at radius 1 is 1.11 bits per heavy atom. The van der Waals surface area contributed by atoms with Crippen LogP contribution in [0.2, 0.25) is 0 Å². The SMILES string of the molecule is CC[C@@H](C)c1ccc(OCC(=O)Nc2ccc(N3CC[NH+](C)CC3)cc2)cc1. The van der Waals surface area contributed by atoms with E-state index in [2.05, 4.69) is 55.4 Å². The van der Waals surface area contributed by atoms with E-state index in [1.807, 2.05) is 24.3 Å². The quantitative estimate of drug-likeness (QED) is 0.774. The molecule has 28 heavy (non-hydrogen) atoms. The number of nitrogens with zero attached hydrogens (tertiary/aromatic N) is 1. The first-order valence-corrected chi connectivity index (χ1v) is 10.2. The molecule has 5 nitrogen and oxygen atoms in total. The van der Waals surface area contributed by atoms with Gasteiger partial charge >= 0.3 is 0 Å². The van der Waals surface area contributed by atoms with Gasteiger partial charge in [-0.3, -0.25) is 4.79 Å². The van der Waals surface area contributed by atoms with Crippen molar-refractivity contribution in [2.24, 2.45) is 0 Å². The molecule has 3 rings (SSSR count). The molecule has 5 heteroatoms. The highest BCUT2D eigenvalue weighted by Gasteiger charge is 2.16. The van der Waals surface area contributed by atoms with E-state index in [1.54, 1.807) is 4.90 Å². The van der Waals surface area contributed by atoms with E-state index in [9.17, 15) is 4.79 Å². The molecule has 0 saturated carbocycles. The minimum absolute atomic E-state index is 0.00562. The van der Waals surface area contributed by atoms with Crippen LogP contribution in [0.5, 0.6) is 5.75 Å². The second-order valence-electron chi connectivity index (χ2n) is 7.71. The van der Waals surface area contributed by atoms with E-state index >= 15 is 0 Å². The van der Waals surface area contributed by atoms with Gasteiger partial charge in [0.1, 0.15) is 5.75 Å². The smallest absolute Gasteiger partial charge is 0.262 e. The predicted octanol–water partition coefficient (Wildman–Crippen LogP) is 2.55. The second kappa shape index (κ2) is 9.60. The Labute approximate surface area is 168 Å². The molecule has 0 unspecified atom stereocenters. The Balaban J connectivity index is 1.47. The van der Waals surface area contributed by atoms with Gasteiger partial charge < -0.3 is 19.9 Å². The van der Waals surface area contributed by atoms with Crippen molar-refractivity contribution < 1.29 is 14.4 Å². The molecular weight excluding hydrogens is 350 g/mol. The lowest BCUT2D eigenvalue weighted by Crippen LogP contribution is -3.12. The van der Waals surface area contributed by atoms with Gasteiger partial charge in [0.15, 0.2) is 6.61 Å². The van der Waals surface area contributed by atoms with E-state index < -0.39 is 0 Å². The third-order valence-corrected chi connectivity index (χ3v) is 5.56. The first-order chi connectivity index (χ1) is 13.5. The minimum Gasteiger partial charge on any atom is -0.484 e. The van der Waals surface area contributed by atoms with Crippen molar-refractivity contribution in [1.29, 1.82) is 0 Å². The van der Waals surface area contributed by atoms with Crippen molar-refractivity contribution in [2.45, 2.75) is 26.2 Å². The van der Waals surface area contributed by atoms with E-state index in [-0.39, 0.29) is 12.5 Å². The predicted molar refractivity (Wildman–Crippen MR) is 115 cm³/mol. The van der Waals surface area contributed by atoms with Crippen molar-refractivity contribution in [3.8, 4) is 5.75 Å². The molecule has 1 amide bonds. The highest BCUT2D eigenvalue weighted by Crippen LogP contribution is 2.22. The fourth-order valence-corrected chi connectivity index (χ4v) is 3.38. The van der Waals surface area contributed by atoms with Gasteiger partial charge in [0.2, 0.25) is 0 Å². The Morgan fingerprint density at radius 2 is 1.75 bits per heavy atom. The molecular formula is C23H32N3O2+. The first-order valence-electron chi connectivity index (χ1n) is 10.2. The summed E-state index contributed by atoms with van der Waals surface area (Å²) in [6, 6.07) is 16.1. The fraction of sp³-hybridized carbons (Fsp3) is 0.435. The van der Waals surface area contributed by atoms with Gasteiger partial charge in [-0.1, -0.05) is 26.0 Å². The molecule has 1 aliphatic heterocycles. The number of benzene rings is 2. The molecule has 0 aromatic heterocycles. The van der Waals surface area contributed by atoms with Crippen LogP contribution in [0.15, 0.2) is 48.5 Å². The number of piperazine rings is 1. The van der Waals surface area contributed by atoms with Crippen LogP contribution in [0.1, 0.15) is 31.7 Å². The van der Waals surface area contributed by atoms with Crippen LogP contribution in [0.4, 0.5) is 11.4 Å². The number of amides is 1. The van der Waals surface area contributed by atoms with Crippen LogP contribution < -0.4 is 19.9 Å². The first kappa shape index (κ1) is 20.2. The lowest BCUT2D eigenvalue weighted by Gasteiger charge is -2.31. The molecule has 1 heterocycles. The summed E-state index contributed by atoms with van der Waals surface area (Å²) in [5.74, 6) is 1.10. The highest BCUT2D eigenvalue weighted by molar-refractivity contribution is 5.92. The zero-order valence-corrected chi connectivity index (χ0v) is 17.2. The fourth-order valence-electron chi connectivity index (χ4n) is 3.38. The number of carbonyl (C=O) groups is 1. The number of anilines is 2. The zero-order valence-electron chi connectivity index (χ0n) is 17.2. The van der Waals surface area contributed by atoms with Gasteiger partial charge in [0, 0.05) is 11.4 Å². The molecule has 1 atom stereocenters. The molecule has 0 aliphatic carbocycles. The number of carbonyl (C=O) groups excluding carboxylic acids is 1. The third kappa shape index (κ3) is 5.49. The number of quaternary nitrogens is 1. The van der Waals surface area contributed by atoms with Crippen molar-refractivity contribution in [2.75, 3.05) is 50.1 Å². The summed E-state index contributed by atoms with van der Waals surface area (Å²) in [5.41, 5.74) is 3.30. The van der Waals surface area contributed by atoms with Crippen LogP contribution in [0.3, 0.4) is 0 Å². The number of ether oxygens (including phenoxy) is 1. The molecule has 150 valence electrons. The monoisotopic (exact) mass is 382 g/mol. The summed E-state index contributed by atoms with van der Waals surface area (Å²) in [4.78, 5) is 16.2. The van der Waals surface area contributed by atoms with Crippen LogP contribution in [-0.4, -0.2) is 45.7 Å². The highest BCUT2D eigenvalue weighted by atomic mass is 16.5. The number of hydrogen-bond donors (Lipinski definition) is 2. The van der Waals surface area contributed by atoms with Crippen molar-refractivity contribution >= 4 is 17.3 Å². The summed E-state index contributed by atoms with van der Waals surface area (Å²) >= 11 is 0. The van der Waals surface area contributed by atoms with Gasteiger partial charge in [-0.25, -0.2) is 0 Å². The summed E-state index contributed by atoms with van der Waals surface area (Å²) < 4.78 is 5.61. The normalized spacial score (nSPS) is 15.9. The lowest BCUT2D eigenvalue weighted by molar-refractivity contribution is -0.880. The molecule has 2 N–H and O–H groups in total. The van der Waals surface area contributed by atoms with E-state index in [0.29, 0.717) is 5.92 Å². The van der Waals surface area contributed by atoms with Crippen LogP contribution in [0.25, 0.3) is 0 Å². The molecule has 1 aliphatic rings. The maximum atomic E-state index is 12.2. The van der Waals surface area contributed by atoms with Crippen molar-refractivity contribution in [1.82, 2.24) is 0 Å². The van der Waals surface area contributed by atoms with Gasteiger partial charge in [0.25, 0.3) is 5.91 Å².